The van der Waals surface area contributed by atoms with Crippen LogP contribution in [0.25, 0.3) is 0 Å². The van der Waals surface area contributed by atoms with Crippen LogP contribution in [0.1, 0.15) is 12.0 Å². The lowest BCUT2D eigenvalue weighted by atomic mass is 9.98. The van der Waals surface area contributed by atoms with E-state index in [9.17, 15) is 18.0 Å². The first-order valence-corrected chi connectivity index (χ1v) is 6.99. The van der Waals surface area contributed by atoms with E-state index in [0.29, 0.717) is 32.5 Å². The topological polar surface area (TPSA) is 38.8 Å². The van der Waals surface area contributed by atoms with Gasteiger partial charge < -0.3 is 14.4 Å². The summed E-state index contributed by atoms with van der Waals surface area (Å²) in [6.07, 6.45) is -3.56. The minimum atomic E-state index is -4.68. The normalized spacial score (nSPS) is 18.8. The van der Waals surface area contributed by atoms with Gasteiger partial charge in [0.15, 0.2) is 0 Å². The Labute approximate surface area is 126 Å². The molecule has 1 aromatic rings. The van der Waals surface area contributed by atoms with E-state index in [-0.39, 0.29) is 17.6 Å². The van der Waals surface area contributed by atoms with Crippen LogP contribution in [0, 0.1) is 5.92 Å². The largest absolute Gasteiger partial charge is 0.573 e. The van der Waals surface area contributed by atoms with Crippen LogP contribution in [0.5, 0.6) is 5.75 Å². The molecule has 0 bridgehead atoms. The summed E-state index contributed by atoms with van der Waals surface area (Å²) >= 11 is 0. The van der Waals surface area contributed by atoms with Crippen molar-refractivity contribution >= 4 is 5.91 Å². The van der Waals surface area contributed by atoms with Crippen LogP contribution in [-0.4, -0.2) is 44.0 Å². The molecule has 22 heavy (non-hydrogen) atoms. The minimum Gasteiger partial charge on any atom is -0.406 e. The molecule has 1 saturated heterocycles. The van der Waals surface area contributed by atoms with Gasteiger partial charge in [0.25, 0.3) is 0 Å². The quantitative estimate of drug-likeness (QED) is 0.809. The van der Waals surface area contributed by atoms with Crippen LogP contribution in [-0.2, 0) is 16.0 Å². The van der Waals surface area contributed by atoms with Gasteiger partial charge >= 0.3 is 6.36 Å². The van der Waals surface area contributed by atoms with Gasteiger partial charge in [0, 0.05) is 26.6 Å². The number of nitrogens with zero attached hydrogens (tertiary/aromatic N) is 1. The van der Waals surface area contributed by atoms with Crippen LogP contribution in [0.4, 0.5) is 13.2 Å². The molecule has 1 fully saturated rings. The molecule has 0 aliphatic carbocycles. The number of alkyl halides is 3. The van der Waals surface area contributed by atoms with E-state index in [0.717, 1.165) is 5.56 Å². The van der Waals surface area contributed by atoms with E-state index in [4.69, 9.17) is 4.74 Å². The first-order chi connectivity index (χ1) is 10.4. The molecule has 122 valence electrons. The maximum atomic E-state index is 12.1. The fourth-order valence-electron chi connectivity index (χ4n) is 2.57. The first-order valence-electron chi connectivity index (χ1n) is 6.99. The number of rotatable bonds is 6. The zero-order valence-electron chi connectivity index (χ0n) is 12.2. The lowest BCUT2D eigenvalue weighted by Crippen LogP contribution is -2.28. The predicted molar refractivity (Wildman–Crippen MR) is 73.4 cm³/mol. The van der Waals surface area contributed by atoms with Gasteiger partial charge in [-0.1, -0.05) is 12.1 Å². The van der Waals surface area contributed by atoms with Crippen molar-refractivity contribution in [1.82, 2.24) is 4.90 Å². The molecule has 0 aromatic heterocycles. The predicted octanol–water partition coefficient (Wildman–Crippen LogP) is 2.62. The van der Waals surface area contributed by atoms with Crippen LogP contribution in [0.3, 0.4) is 0 Å². The molecule has 1 aliphatic heterocycles. The van der Waals surface area contributed by atoms with Crippen molar-refractivity contribution in [3.63, 3.8) is 0 Å². The SMILES string of the molecule is COCCN1C[C@@H](Cc2ccc(OC(F)(F)F)cc2)CC1=O. The van der Waals surface area contributed by atoms with Crippen molar-refractivity contribution in [2.45, 2.75) is 19.2 Å². The van der Waals surface area contributed by atoms with E-state index in [1.807, 2.05) is 0 Å². The average molecular weight is 317 g/mol. The van der Waals surface area contributed by atoms with E-state index in [2.05, 4.69) is 4.74 Å². The summed E-state index contributed by atoms with van der Waals surface area (Å²) < 4.78 is 45.0. The highest BCUT2D eigenvalue weighted by Gasteiger charge is 2.31. The summed E-state index contributed by atoms with van der Waals surface area (Å²) in [6.45, 7) is 1.73. The van der Waals surface area contributed by atoms with Gasteiger partial charge in [0.1, 0.15) is 5.75 Å². The first kappa shape index (κ1) is 16.6. The number of ether oxygens (including phenoxy) is 2. The smallest absolute Gasteiger partial charge is 0.406 e. The fraction of sp³-hybridized carbons (Fsp3) is 0.533. The second-order valence-corrected chi connectivity index (χ2v) is 5.30. The van der Waals surface area contributed by atoms with Crippen LogP contribution >= 0.6 is 0 Å². The summed E-state index contributed by atoms with van der Waals surface area (Å²) in [7, 11) is 1.59. The molecular weight excluding hydrogens is 299 g/mol. The third kappa shape index (κ3) is 4.91. The molecule has 1 aliphatic rings. The Hall–Kier alpha value is -1.76. The van der Waals surface area contributed by atoms with Crippen molar-refractivity contribution in [3.8, 4) is 5.75 Å². The lowest BCUT2D eigenvalue weighted by Gasteiger charge is -2.16. The molecule has 2 rings (SSSR count). The van der Waals surface area contributed by atoms with Crippen LogP contribution in [0.2, 0.25) is 0 Å². The summed E-state index contributed by atoms with van der Waals surface area (Å²) in [5.74, 6) is 0.0401. The van der Waals surface area contributed by atoms with Crippen LogP contribution < -0.4 is 4.74 Å². The third-order valence-corrected chi connectivity index (χ3v) is 3.54. The lowest BCUT2D eigenvalue weighted by molar-refractivity contribution is -0.274. The van der Waals surface area contributed by atoms with Gasteiger partial charge in [-0.15, -0.1) is 13.2 Å². The van der Waals surface area contributed by atoms with E-state index < -0.39 is 6.36 Å². The summed E-state index contributed by atoms with van der Waals surface area (Å²) in [5, 5.41) is 0. The molecule has 1 aromatic carbocycles. The Morgan fingerprint density at radius 1 is 1.27 bits per heavy atom. The zero-order valence-corrected chi connectivity index (χ0v) is 12.2. The Morgan fingerprint density at radius 3 is 2.55 bits per heavy atom. The number of likely N-dealkylation sites (tertiary alicyclic amines) is 1. The van der Waals surface area contributed by atoms with Gasteiger partial charge in [-0.05, 0) is 30.0 Å². The van der Waals surface area contributed by atoms with E-state index in [1.165, 1.54) is 12.1 Å². The number of methoxy groups -OCH3 is 1. The van der Waals surface area contributed by atoms with Crippen molar-refractivity contribution in [1.29, 1.82) is 0 Å². The van der Waals surface area contributed by atoms with Gasteiger partial charge in [0.05, 0.1) is 6.61 Å². The van der Waals surface area contributed by atoms with Gasteiger partial charge in [-0.2, -0.15) is 0 Å². The van der Waals surface area contributed by atoms with Gasteiger partial charge in [-0.3, -0.25) is 4.79 Å². The second-order valence-electron chi connectivity index (χ2n) is 5.30. The maximum Gasteiger partial charge on any atom is 0.573 e. The molecular formula is C15H18F3NO3. The molecule has 0 N–H and O–H groups in total. The number of carbonyl (C=O) groups is 1. The summed E-state index contributed by atoms with van der Waals surface area (Å²) in [6, 6.07) is 5.79. The Balaban J connectivity index is 1.88. The number of hydrogen-bond acceptors (Lipinski definition) is 3. The molecule has 0 spiro atoms. The van der Waals surface area contributed by atoms with Crippen molar-refractivity contribution in [3.05, 3.63) is 29.8 Å². The zero-order chi connectivity index (χ0) is 16.2. The Bertz CT molecular complexity index is 502. The van der Waals surface area contributed by atoms with Crippen molar-refractivity contribution in [2.75, 3.05) is 26.8 Å². The van der Waals surface area contributed by atoms with Crippen LogP contribution in [0.15, 0.2) is 24.3 Å². The Kier molecular flexibility index (Phi) is 5.28. The Morgan fingerprint density at radius 2 is 1.95 bits per heavy atom. The second kappa shape index (κ2) is 7.00. The maximum absolute atomic E-state index is 12.1. The molecule has 4 nitrogen and oxygen atoms in total. The van der Waals surface area contributed by atoms with E-state index >= 15 is 0 Å². The number of carbonyl (C=O) groups excluding carboxylic acids is 1. The average Bonchev–Trinajstić information content (AvgIpc) is 2.77. The number of amides is 1. The standard InChI is InChI=1S/C15H18F3NO3/c1-21-7-6-19-10-12(9-14(19)20)8-11-2-4-13(5-3-11)22-15(16,17)18/h2-5,12H,6-10H2,1H3/t12-/m0/s1. The monoisotopic (exact) mass is 317 g/mol. The molecule has 0 radical (unpaired) electrons. The molecule has 0 unspecified atom stereocenters. The van der Waals surface area contributed by atoms with Gasteiger partial charge in [-0.25, -0.2) is 0 Å². The molecule has 0 saturated carbocycles. The fourth-order valence-corrected chi connectivity index (χ4v) is 2.57. The molecule has 1 heterocycles. The highest BCUT2D eigenvalue weighted by molar-refractivity contribution is 5.78. The highest BCUT2D eigenvalue weighted by atomic mass is 19.4. The molecule has 7 heteroatoms. The van der Waals surface area contributed by atoms with Crippen molar-refractivity contribution in [2.24, 2.45) is 5.92 Å². The highest BCUT2D eigenvalue weighted by Crippen LogP contribution is 2.25. The number of halogens is 3. The van der Waals surface area contributed by atoms with Gasteiger partial charge in [0.2, 0.25) is 5.91 Å². The van der Waals surface area contributed by atoms with Crippen molar-refractivity contribution < 1.29 is 27.4 Å². The number of benzene rings is 1. The van der Waals surface area contributed by atoms with E-state index in [1.54, 1.807) is 24.1 Å². The molecule has 1 amide bonds. The third-order valence-electron chi connectivity index (χ3n) is 3.54. The summed E-state index contributed by atoms with van der Waals surface area (Å²) in [5.41, 5.74) is 0.890. The molecule has 1 atom stereocenters. The summed E-state index contributed by atoms with van der Waals surface area (Å²) in [4.78, 5) is 13.6. The number of hydrogen-bond donors (Lipinski definition) is 0. The minimum absolute atomic E-state index is 0.0964.